The molecule has 1 N–H and O–H groups in total. The van der Waals surface area contributed by atoms with Gasteiger partial charge in [0.1, 0.15) is 5.00 Å². The molecule has 1 amide bonds. The lowest BCUT2D eigenvalue weighted by Crippen LogP contribution is -2.30. The van der Waals surface area contributed by atoms with Crippen LogP contribution in [-0.2, 0) is 27.1 Å². The van der Waals surface area contributed by atoms with Gasteiger partial charge in [0.2, 0.25) is 0 Å². The van der Waals surface area contributed by atoms with Crippen molar-refractivity contribution in [3.8, 4) is 0 Å². The van der Waals surface area contributed by atoms with E-state index in [-0.39, 0.29) is 12.3 Å². The average Bonchev–Trinajstić information content (AvgIpc) is 3.06. The second kappa shape index (κ2) is 9.13. The molecule has 3 rings (SSSR count). The number of ether oxygens (including phenoxy) is 2. The molecule has 0 aromatic carbocycles. The molecule has 154 valence electrons. The predicted octanol–water partition coefficient (Wildman–Crippen LogP) is 3.09. The molecule has 1 aliphatic carbocycles. The number of aryl methyl sites for hydroxylation is 2. The molecule has 1 aliphatic rings. The number of anilines is 1. The maximum absolute atomic E-state index is 12.6. The van der Waals surface area contributed by atoms with Crippen molar-refractivity contribution in [1.82, 2.24) is 9.97 Å². The van der Waals surface area contributed by atoms with Gasteiger partial charge < -0.3 is 14.8 Å². The van der Waals surface area contributed by atoms with E-state index in [0.29, 0.717) is 16.3 Å². The highest BCUT2D eigenvalue weighted by Crippen LogP contribution is 2.38. The summed E-state index contributed by atoms with van der Waals surface area (Å²) >= 11 is 1.38. The van der Waals surface area contributed by atoms with Crippen molar-refractivity contribution in [2.24, 2.45) is 0 Å². The topological polar surface area (TPSA) is 107 Å². The van der Waals surface area contributed by atoms with Gasteiger partial charge >= 0.3 is 11.9 Å². The van der Waals surface area contributed by atoms with Crippen molar-refractivity contribution in [2.75, 3.05) is 11.9 Å². The van der Waals surface area contributed by atoms with Crippen molar-refractivity contribution in [3.63, 3.8) is 0 Å². The molecule has 2 aromatic heterocycles. The lowest BCUT2D eigenvalue weighted by Gasteiger charge is -2.14. The maximum Gasteiger partial charge on any atom is 0.359 e. The molecule has 0 saturated carbocycles. The van der Waals surface area contributed by atoms with Gasteiger partial charge in [-0.05, 0) is 52.0 Å². The first-order valence-electron chi connectivity index (χ1n) is 9.52. The zero-order chi connectivity index (χ0) is 21.0. The Bertz CT molecular complexity index is 923. The highest BCUT2D eigenvalue weighted by atomic mass is 32.1. The zero-order valence-electron chi connectivity index (χ0n) is 16.6. The van der Waals surface area contributed by atoms with Crippen LogP contribution >= 0.6 is 11.3 Å². The van der Waals surface area contributed by atoms with Crippen molar-refractivity contribution in [3.05, 3.63) is 39.8 Å². The molecular weight excluding hydrogens is 394 g/mol. The van der Waals surface area contributed by atoms with Crippen molar-refractivity contribution in [2.45, 2.75) is 52.6 Å². The van der Waals surface area contributed by atoms with E-state index in [0.717, 1.165) is 36.1 Å². The first kappa shape index (κ1) is 20.9. The van der Waals surface area contributed by atoms with Crippen LogP contribution in [0.1, 0.15) is 63.7 Å². The largest absolute Gasteiger partial charge is 0.462 e. The Morgan fingerprint density at radius 1 is 1.17 bits per heavy atom. The number of amides is 1. The smallest absolute Gasteiger partial charge is 0.359 e. The van der Waals surface area contributed by atoms with Gasteiger partial charge in [0, 0.05) is 11.1 Å². The minimum atomic E-state index is -1.07. The molecule has 0 fully saturated rings. The number of hydrogen-bond acceptors (Lipinski definition) is 8. The Morgan fingerprint density at radius 3 is 2.62 bits per heavy atom. The quantitative estimate of drug-likeness (QED) is 0.720. The maximum atomic E-state index is 12.6. The standard InChI is InChI=1S/C20H23N3O5S/c1-4-27-20(26)16-13-7-5-6-8-15(13)29-18(16)23-17(24)12(3)28-19(25)14-10-21-11(2)9-22-14/h9-10,12H,4-8H2,1-3H3,(H,23,24). The van der Waals surface area contributed by atoms with Gasteiger partial charge in [-0.3, -0.25) is 9.78 Å². The van der Waals surface area contributed by atoms with E-state index in [9.17, 15) is 14.4 Å². The average molecular weight is 417 g/mol. The van der Waals surface area contributed by atoms with E-state index < -0.39 is 23.9 Å². The second-order valence-electron chi connectivity index (χ2n) is 6.72. The van der Waals surface area contributed by atoms with Crippen LogP contribution in [0.25, 0.3) is 0 Å². The molecule has 0 saturated heterocycles. The summed E-state index contributed by atoms with van der Waals surface area (Å²) in [6, 6.07) is 0. The Labute approximate surface area is 172 Å². The number of thiophene rings is 1. The normalized spacial score (nSPS) is 13.9. The molecule has 0 bridgehead atoms. The third-order valence-electron chi connectivity index (χ3n) is 4.53. The minimum Gasteiger partial charge on any atom is -0.462 e. The first-order chi connectivity index (χ1) is 13.9. The summed E-state index contributed by atoms with van der Waals surface area (Å²) in [7, 11) is 0. The fraction of sp³-hybridized carbons (Fsp3) is 0.450. The molecule has 0 aliphatic heterocycles. The molecule has 29 heavy (non-hydrogen) atoms. The van der Waals surface area contributed by atoms with Crippen molar-refractivity contribution >= 4 is 34.2 Å². The summed E-state index contributed by atoms with van der Waals surface area (Å²) in [6.45, 7) is 5.21. The lowest BCUT2D eigenvalue weighted by molar-refractivity contribution is -0.123. The van der Waals surface area contributed by atoms with E-state index in [4.69, 9.17) is 9.47 Å². The van der Waals surface area contributed by atoms with E-state index in [1.54, 1.807) is 13.8 Å². The summed E-state index contributed by atoms with van der Waals surface area (Å²) < 4.78 is 10.4. The van der Waals surface area contributed by atoms with E-state index in [1.807, 2.05) is 0 Å². The number of nitrogens with zero attached hydrogens (tertiary/aromatic N) is 2. The van der Waals surface area contributed by atoms with Gasteiger partial charge in [0.05, 0.1) is 24.1 Å². The summed E-state index contributed by atoms with van der Waals surface area (Å²) in [4.78, 5) is 46.3. The van der Waals surface area contributed by atoms with Crippen LogP contribution in [0.15, 0.2) is 12.4 Å². The van der Waals surface area contributed by atoms with Crippen LogP contribution in [0.5, 0.6) is 0 Å². The van der Waals surface area contributed by atoms with E-state index in [1.165, 1.54) is 30.7 Å². The van der Waals surface area contributed by atoms with Gasteiger partial charge in [-0.2, -0.15) is 0 Å². The zero-order valence-corrected chi connectivity index (χ0v) is 17.4. The van der Waals surface area contributed by atoms with Gasteiger partial charge in [-0.1, -0.05) is 0 Å². The van der Waals surface area contributed by atoms with Gasteiger partial charge in [-0.15, -0.1) is 11.3 Å². The predicted molar refractivity (Wildman–Crippen MR) is 107 cm³/mol. The molecule has 0 spiro atoms. The molecule has 0 radical (unpaired) electrons. The third kappa shape index (κ3) is 4.79. The van der Waals surface area contributed by atoms with Gasteiger partial charge in [0.25, 0.3) is 5.91 Å². The number of nitrogens with one attached hydrogen (secondary N) is 1. The monoisotopic (exact) mass is 417 g/mol. The number of rotatable bonds is 6. The summed E-state index contributed by atoms with van der Waals surface area (Å²) in [5.74, 6) is -1.71. The molecule has 1 atom stereocenters. The number of hydrogen-bond donors (Lipinski definition) is 1. The van der Waals surface area contributed by atoms with Crippen LogP contribution < -0.4 is 5.32 Å². The lowest BCUT2D eigenvalue weighted by atomic mass is 9.95. The number of fused-ring (bicyclic) bond motifs is 1. The molecule has 9 heteroatoms. The van der Waals surface area contributed by atoms with Crippen LogP contribution in [0.4, 0.5) is 5.00 Å². The third-order valence-corrected chi connectivity index (χ3v) is 5.74. The Kier molecular flexibility index (Phi) is 6.58. The Morgan fingerprint density at radius 2 is 1.93 bits per heavy atom. The van der Waals surface area contributed by atoms with Crippen LogP contribution in [0, 0.1) is 6.92 Å². The van der Waals surface area contributed by atoms with E-state index >= 15 is 0 Å². The van der Waals surface area contributed by atoms with Crippen LogP contribution in [0.3, 0.4) is 0 Å². The first-order valence-corrected chi connectivity index (χ1v) is 10.3. The highest BCUT2D eigenvalue weighted by Gasteiger charge is 2.29. The number of carbonyl (C=O) groups excluding carboxylic acids is 3. The summed E-state index contributed by atoms with van der Waals surface area (Å²) in [5.41, 5.74) is 2.06. The van der Waals surface area contributed by atoms with Gasteiger partial charge in [0.15, 0.2) is 11.8 Å². The summed E-state index contributed by atoms with van der Waals surface area (Å²) in [6.07, 6.45) is 5.38. The highest BCUT2D eigenvalue weighted by molar-refractivity contribution is 7.17. The van der Waals surface area contributed by atoms with Crippen LogP contribution in [-0.4, -0.2) is 40.5 Å². The fourth-order valence-electron chi connectivity index (χ4n) is 3.06. The number of esters is 2. The Balaban J connectivity index is 1.74. The van der Waals surface area contributed by atoms with Crippen LogP contribution in [0.2, 0.25) is 0 Å². The molecule has 2 aromatic rings. The molecule has 8 nitrogen and oxygen atoms in total. The number of aromatic nitrogens is 2. The molecule has 2 heterocycles. The minimum absolute atomic E-state index is 0.0223. The summed E-state index contributed by atoms with van der Waals surface area (Å²) in [5, 5.41) is 3.18. The van der Waals surface area contributed by atoms with E-state index in [2.05, 4.69) is 15.3 Å². The van der Waals surface area contributed by atoms with Crippen molar-refractivity contribution < 1.29 is 23.9 Å². The SMILES string of the molecule is CCOC(=O)c1c(NC(=O)C(C)OC(=O)c2cnc(C)cn2)sc2c1CCCC2. The van der Waals surface area contributed by atoms with Gasteiger partial charge in [-0.25, -0.2) is 14.6 Å². The Hall–Kier alpha value is -2.81. The molecule has 1 unspecified atom stereocenters. The fourth-order valence-corrected chi connectivity index (χ4v) is 4.34. The second-order valence-corrected chi connectivity index (χ2v) is 7.82. The number of carbonyl (C=O) groups is 3. The van der Waals surface area contributed by atoms with Crippen molar-refractivity contribution in [1.29, 1.82) is 0 Å². The molecular formula is C20H23N3O5S.